The fraction of sp³-hybridized carbons (Fsp3) is 0.556. The van der Waals surface area contributed by atoms with Crippen LogP contribution in [0.1, 0.15) is 26.7 Å². The lowest BCUT2D eigenvalue weighted by atomic mass is 9.96. The molecule has 1 aromatic carbocycles. The van der Waals surface area contributed by atoms with Gasteiger partial charge in [0.05, 0.1) is 19.6 Å². The molecule has 0 bridgehead atoms. The van der Waals surface area contributed by atoms with Crippen LogP contribution < -0.4 is 10.5 Å². The van der Waals surface area contributed by atoms with Crippen LogP contribution in [0.3, 0.4) is 0 Å². The van der Waals surface area contributed by atoms with E-state index >= 15 is 0 Å². The van der Waals surface area contributed by atoms with Crippen molar-refractivity contribution in [3.63, 3.8) is 0 Å². The largest absolute Gasteiger partial charge is 0.490 e. The number of hydrogen-bond donors (Lipinski definition) is 1. The topological polar surface area (TPSA) is 81.9 Å². The fourth-order valence-electron chi connectivity index (χ4n) is 2.84. The number of nitrogens with two attached hydrogens (primary N) is 1. The van der Waals surface area contributed by atoms with Crippen molar-refractivity contribution in [2.75, 3.05) is 26.3 Å². The predicted octanol–water partition coefficient (Wildman–Crippen LogP) is 1.72. The maximum absolute atomic E-state index is 13.0. The molecular formula is C18H25FN2O4. The summed E-state index contributed by atoms with van der Waals surface area (Å²) in [5.74, 6) is -0.163. The minimum absolute atomic E-state index is 0.0222. The van der Waals surface area contributed by atoms with Crippen LogP contribution in [0.25, 0.3) is 0 Å². The number of halogens is 1. The van der Waals surface area contributed by atoms with Crippen molar-refractivity contribution in [1.29, 1.82) is 0 Å². The molecular weight excluding hydrogens is 327 g/mol. The Hall–Kier alpha value is -2.15. The fourth-order valence-corrected chi connectivity index (χ4v) is 2.84. The van der Waals surface area contributed by atoms with Gasteiger partial charge in [-0.1, -0.05) is 13.8 Å². The molecule has 0 saturated carbocycles. The van der Waals surface area contributed by atoms with Crippen LogP contribution in [0.2, 0.25) is 0 Å². The van der Waals surface area contributed by atoms with Crippen molar-refractivity contribution in [2.45, 2.75) is 32.3 Å². The lowest BCUT2D eigenvalue weighted by Crippen LogP contribution is -2.58. The van der Waals surface area contributed by atoms with E-state index in [1.54, 1.807) is 4.90 Å². The lowest BCUT2D eigenvalue weighted by molar-refractivity contribution is -0.162. The van der Waals surface area contributed by atoms with Gasteiger partial charge in [0.25, 0.3) is 0 Å². The molecule has 7 heteroatoms. The summed E-state index contributed by atoms with van der Waals surface area (Å²) in [5, 5.41) is 0. The Morgan fingerprint density at radius 2 is 2.04 bits per heavy atom. The first kappa shape index (κ1) is 19.2. The third-order valence-electron chi connectivity index (χ3n) is 4.00. The van der Waals surface area contributed by atoms with E-state index in [9.17, 15) is 14.0 Å². The number of rotatable bonds is 7. The molecule has 0 radical (unpaired) electrons. The Labute approximate surface area is 147 Å². The molecule has 1 fully saturated rings. The number of carbonyl (C=O) groups is 2. The zero-order valence-electron chi connectivity index (χ0n) is 14.7. The first-order chi connectivity index (χ1) is 11.8. The summed E-state index contributed by atoms with van der Waals surface area (Å²) < 4.78 is 24.5. The Kier molecular flexibility index (Phi) is 6.36. The molecule has 2 N–H and O–H groups in total. The first-order valence-electron chi connectivity index (χ1n) is 8.38. The monoisotopic (exact) mass is 352 g/mol. The maximum Gasteiger partial charge on any atom is 0.223 e. The quantitative estimate of drug-likeness (QED) is 0.810. The van der Waals surface area contributed by atoms with E-state index in [0.29, 0.717) is 25.3 Å². The van der Waals surface area contributed by atoms with Gasteiger partial charge in [0, 0.05) is 13.0 Å². The Morgan fingerprint density at radius 1 is 1.36 bits per heavy atom. The van der Waals surface area contributed by atoms with Crippen LogP contribution in [0, 0.1) is 11.7 Å². The molecule has 1 heterocycles. The average molecular weight is 352 g/mol. The summed E-state index contributed by atoms with van der Waals surface area (Å²) in [5.41, 5.74) is 4.38. The van der Waals surface area contributed by atoms with Crippen molar-refractivity contribution in [2.24, 2.45) is 11.7 Å². The average Bonchev–Trinajstić information content (AvgIpc) is 2.53. The number of hydrogen-bond acceptors (Lipinski definition) is 4. The van der Waals surface area contributed by atoms with Gasteiger partial charge in [-0.05, 0) is 30.2 Å². The molecule has 138 valence electrons. The molecule has 1 aliphatic heterocycles. The SMILES string of the molecule is CC(C)CC(=O)N1CCO[C@](COc2ccc(F)cc2)(CC(N)=O)C1. The molecule has 1 aromatic rings. The Morgan fingerprint density at radius 3 is 2.64 bits per heavy atom. The van der Waals surface area contributed by atoms with E-state index in [-0.39, 0.29) is 37.2 Å². The van der Waals surface area contributed by atoms with Crippen LogP contribution in [0.5, 0.6) is 5.75 Å². The van der Waals surface area contributed by atoms with Crippen molar-refractivity contribution >= 4 is 11.8 Å². The zero-order valence-corrected chi connectivity index (χ0v) is 14.7. The van der Waals surface area contributed by atoms with Crippen LogP contribution >= 0.6 is 0 Å². The smallest absolute Gasteiger partial charge is 0.223 e. The van der Waals surface area contributed by atoms with Crippen molar-refractivity contribution < 1.29 is 23.5 Å². The van der Waals surface area contributed by atoms with Gasteiger partial charge in [-0.15, -0.1) is 0 Å². The van der Waals surface area contributed by atoms with E-state index in [4.69, 9.17) is 15.2 Å². The third-order valence-corrected chi connectivity index (χ3v) is 4.00. The molecule has 25 heavy (non-hydrogen) atoms. The second kappa shape index (κ2) is 8.29. The highest BCUT2D eigenvalue weighted by Gasteiger charge is 2.40. The third kappa shape index (κ3) is 5.70. The number of primary amides is 1. The van der Waals surface area contributed by atoms with Gasteiger partial charge < -0.3 is 20.1 Å². The highest BCUT2D eigenvalue weighted by atomic mass is 19.1. The molecule has 0 spiro atoms. The summed E-state index contributed by atoms with van der Waals surface area (Å²) >= 11 is 0. The van der Waals surface area contributed by atoms with Gasteiger partial charge in [-0.3, -0.25) is 9.59 Å². The molecule has 2 amide bonds. The first-order valence-corrected chi connectivity index (χ1v) is 8.38. The summed E-state index contributed by atoms with van der Waals surface area (Å²) in [6.45, 7) is 5.03. The standard InChI is InChI=1S/C18H25FN2O4/c1-13(2)9-17(23)21-7-8-25-18(11-21,10-16(20)22)12-24-15-5-3-14(19)4-6-15/h3-6,13H,7-12H2,1-2H3,(H2,20,22)/t18-/m1/s1. The molecule has 0 unspecified atom stereocenters. The van der Waals surface area contributed by atoms with Crippen molar-refractivity contribution in [1.82, 2.24) is 4.90 Å². The summed E-state index contributed by atoms with van der Waals surface area (Å²) in [6.07, 6.45) is 0.380. The van der Waals surface area contributed by atoms with Gasteiger partial charge in [-0.25, -0.2) is 4.39 Å². The second-order valence-electron chi connectivity index (χ2n) is 6.83. The van der Waals surface area contributed by atoms with E-state index in [1.807, 2.05) is 13.8 Å². The highest BCUT2D eigenvalue weighted by Crippen LogP contribution is 2.25. The molecule has 1 aliphatic rings. The Bertz CT molecular complexity index is 606. The van der Waals surface area contributed by atoms with E-state index < -0.39 is 11.5 Å². The number of benzene rings is 1. The van der Waals surface area contributed by atoms with Crippen LogP contribution in [0.15, 0.2) is 24.3 Å². The zero-order chi connectivity index (χ0) is 18.4. The van der Waals surface area contributed by atoms with E-state index in [0.717, 1.165) is 0 Å². The van der Waals surface area contributed by atoms with Gasteiger partial charge in [0.2, 0.25) is 11.8 Å². The minimum Gasteiger partial charge on any atom is -0.490 e. The lowest BCUT2D eigenvalue weighted by Gasteiger charge is -2.42. The van der Waals surface area contributed by atoms with Crippen LogP contribution in [-0.4, -0.2) is 48.6 Å². The molecule has 2 rings (SSSR count). The second-order valence-corrected chi connectivity index (χ2v) is 6.83. The summed E-state index contributed by atoms with van der Waals surface area (Å²) in [7, 11) is 0. The van der Waals surface area contributed by atoms with Crippen LogP contribution in [-0.2, 0) is 14.3 Å². The normalized spacial score (nSPS) is 20.6. The molecule has 0 aromatic heterocycles. The summed E-state index contributed by atoms with van der Waals surface area (Å²) in [6, 6.07) is 5.57. The number of ether oxygens (including phenoxy) is 2. The molecule has 6 nitrogen and oxygen atoms in total. The summed E-state index contributed by atoms with van der Waals surface area (Å²) in [4.78, 5) is 25.6. The minimum atomic E-state index is -0.995. The van der Waals surface area contributed by atoms with Crippen molar-refractivity contribution in [3.05, 3.63) is 30.1 Å². The number of amides is 2. The van der Waals surface area contributed by atoms with E-state index in [2.05, 4.69) is 0 Å². The molecule has 0 aliphatic carbocycles. The maximum atomic E-state index is 13.0. The Balaban J connectivity index is 2.08. The highest BCUT2D eigenvalue weighted by molar-refractivity contribution is 5.77. The van der Waals surface area contributed by atoms with Gasteiger partial charge in [-0.2, -0.15) is 0 Å². The van der Waals surface area contributed by atoms with Crippen LogP contribution in [0.4, 0.5) is 4.39 Å². The number of morpholine rings is 1. The molecule has 1 atom stereocenters. The predicted molar refractivity (Wildman–Crippen MR) is 90.4 cm³/mol. The van der Waals surface area contributed by atoms with Crippen molar-refractivity contribution in [3.8, 4) is 5.75 Å². The number of nitrogens with zero attached hydrogens (tertiary/aromatic N) is 1. The van der Waals surface area contributed by atoms with Gasteiger partial charge in [0.15, 0.2) is 0 Å². The molecule has 1 saturated heterocycles. The van der Waals surface area contributed by atoms with Gasteiger partial charge in [0.1, 0.15) is 23.8 Å². The van der Waals surface area contributed by atoms with Gasteiger partial charge >= 0.3 is 0 Å². The number of carbonyl (C=O) groups excluding carboxylic acids is 2. The van der Waals surface area contributed by atoms with E-state index in [1.165, 1.54) is 24.3 Å².